The third kappa shape index (κ3) is 5.42. The minimum absolute atomic E-state index is 0.0275. The number of hydrogen-bond acceptors (Lipinski definition) is 9. The smallest absolute Gasteiger partial charge is 0.318 e. The Labute approximate surface area is 283 Å². The van der Waals surface area contributed by atoms with E-state index in [9.17, 15) is 13.2 Å². The molecule has 1 saturated heterocycles. The second kappa shape index (κ2) is 12.9. The number of rotatable bonds is 8. The van der Waals surface area contributed by atoms with Gasteiger partial charge in [-0.2, -0.15) is 4.31 Å². The van der Waals surface area contributed by atoms with Crippen LogP contribution in [0.1, 0.15) is 16.7 Å². The monoisotopic (exact) mass is 691 g/mol. The number of aromatic nitrogens is 1. The van der Waals surface area contributed by atoms with Crippen LogP contribution in [-0.2, 0) is 20.4 Å². The Bertz CT molecular complexity index is 1990. The van der Waals surface area contributed by atoms with Crippen molar-refractivity contribution in [3.8, 4) is 17.2 Å². The minimum Gasteiger partial charge on any atom is -0.497 e. The first kappa shape index (κ1) is 32.9. The maximum absolute atomic E-state index is 15.1. The zero-order valence-corrected chi connectivity index (χ0v) is 28.3. The molecule has 0 radical (unpaired) electrons. The number of ether oxygens (including phenoxy) is 3. The summed E-state index contributed by atoms with van der Waals surface area (Å²) < 4.78 is 46.3. The Hall–Kier alpha value is -5.01. The standard InChI is InChI=1S/C34H34ClN5O7S/c1-22-19-28-26(21-27(22)35)34(25-7-5-6-8-29(25)46-3,37-33(42)39-17-15-38(16-18-39)23-11-13-36-14-12-23)32(41)40(28)48(43,44)31-10-9-24(45-2)20-30(31)47-4/h5-14,19-21H,15-18H2,1-4H3,(H,37,42). The lowest BCUT2D eigenvalue weighted by atomic mass is 9.83. The molecule has 2 aliphatic rings. The molecule has 12 nitrogen and oxygen atoms in total. The number of sulfonamides is 1. The normalized spacial score (nSPS) is 17.6. The molecule has 2 aliphatic heterocycles. The van der Waals surface area contributed by atoms with Crippen LogP contribution in [0.15, 0.2) is 84.0 Å². The van der Waals surface area contributed by atoms with Gasteiger partial charge < -0.3 is 29.3 Å². The van der Waals surface area contributed by atoms with Gasteiger partial charge in [0.1, 0.15) is 22.1 Å². The highest BCUT2D eigenvalue weighted by Gasteiger charge is 2.59. The number of halogens is 1. The number of carbonyl (C=O) groups excluding carboxylic acids is 2. The topological polar surface area (TPSA) is 131 Å². The number of hydrogen-bond donors (Lipinski definition) is 1. The van der Waals surface area contributed by atoms with E-state index in [-0.39, 0.29) is 38.2 Å². The molecule has 3 amide bonds. The summed E-state index contributed by atoms with van der Waals surface area (Å²) in [6.45, 7) is 3.46. The number of anilines is 2. The zero-order valence-electron chi connectivity index (χ0n) is 26.8. The largest absolute Gasteiger partial charge is 0.497 e. The first-order valence-electron chi connectivity index (χ1n) is 15.0. The molecule has 3 aromatic carbocycles. The number of piperazine rings is 1. The molecular formula is C34H34ClN5O7S. The van der Waals surface area contributed by atoms with Crippen molar-refractivity contribution in [3.05, 3.63) is 101 Å². The van der Waals surface area contributed by atoms with Crippen LogP contribution in [-0.4, -0.2) is 77.7 Å². The van der Waals surface area contributed by atoms with Gasteiger partial charge in [-0.1, -0.05) is 29.8 Å². The van der Waals surface area contributed by atoms with Crippen LogP contribution in [0.3, 0.4) is 0 Å². The van der Waals surface area contributed by atoms with Crippen LogP contribution in [0.5, 0.6) is 17.2 Å². The van der Waals surface area contributed by atoms with Crippen LogP contribution in [0, 0.1) is 6.92 Å². The highest BCUT2D eigenvalue weighted by atomic mass is 35.5. The van der Waals surface area contributed by atoms with E-state index in [0.29, 0.717) is 41.8 Å². The molecule has 1 aromatic heterocycles. The number of fused-ring (bicyclic) bond motifs is 1. The van der Waals surface area contributed by atoms with Gasteiger partial charge in [0.15, 0.2) is 5.54 Å². The Balaban J connectivity index is 1.49. The second-order valence-corrected chi connectivity index (χ2v) is 13.4. The highest BCUT2D eigenvalue weighted by Crippen LogP contribution is 2.51. The molecule has 0 spiro atoms. The zero-order chi connectivity index (χ0) is 34.2. The van der Waals surface area contributed by atoms with E-state index in [4.69, 9.17) is 25.8 Å². The van der Waals surface area contributed by atoms with Crippen molar-refractivity contribution in [1.29, 1.82) is 0 Å². The van der Waals surface area contributed by atoms with Gasteiger partial charge in [-0.15, -0.1) is 0 Å². The fourth-order valence-corrected chi connectivity index (χ4v) is 7.96. The van der Waals surface area contributed by atoms with E-state index in [1.807, 2.05) is 12.1 Å². The molecule has 3 heterocycles. The molecule has 14 heteroatoms. The Morgan fingerprint density at radius 2 is 1.56 bits per heavy atom. The Kier molecular flexibility index (Phi) is 8.84. The van der Waals surface area contributed by atoms with Crippen LogP contribution in [0.4, 0.5) is 16.2 Å². The SMILES string of the molecule is COc1ccc(S(=O)(=O)N2C(=O)C(NC(=O)N3CCN(c4ccncc4)CC3)(c3ccccc3OC)c3cc(Cl)c(C)cc32)c(OC)c1. The Morgan fingerprint density at radius 3 is 2.23 bits per heavy atom. The van der Waals surface area contributed by atoms with Crippen LogP contribution < -0.4 is 28.7 Å². The molecule has 0 aliphatic carbocycles. The van der Waals surface area contributed by atoms with Gasteiger partial charge in [-0.05, 0) is 55.0 Å². The molecule has 6 rings (SSSR count). The van der Waals surface area contributed by atoms with Crippen LogP contribution in [0.25, 0.3) is 0 Å². The summed E-state index contributed by atoms with van der Waals surface area (Å²) in [5.74, 6) is -0.343. The highest BCUT2D eigenvalue weighted by molar-refractivity contribution is 7.93. The molecule has 1 fully saturated rings. The quantitative estimate of drug-likeness (QED) is 0.282. The molecule has 250 valence electrons. The van der Waals surface area contributed by atoms with Crippen molar-refractivity contribution in [3.63, 3.8) is 0 Å². The van der Waals surface area contributed by atoms with Gasteiger partial charge in [0.2, 0.25) is 0 Å². The molecule has 4 aromatic rings. The van der Waals surface area contributed by atoms with Gasteiger partial charge in [-0.25, -0.2) is 13.2 Å². The lowest BCUT2D eigenvalue weighted by Gasteiger charge is -2.38. The number of nitrogens with zero attached hydrogens (tertiary/aromatic N) is 4. The summed E-state index contributed by atoms with van der Waals surface area (Å²) in [4.78, 5) is 36.9. The number of amides is 3. The summed E-state index contributed by atoms with van der Waals surface area (Å²) in [6.07, 6.45) is 3.42. The number of para-hydroxylation sites is 1. The fourth-order valence-electron chi connectivity index (χ4n) is 6.20. The summed E-state index contributed by atoms with van der Waals surface area (Å²) in [5, 5.41) is 3.25. The lowest BCUT2D eigenvalue weighted by Crippen LogP contribution is -2.60. The summed E-state index contributed by atoms with van der Waals surface area (Å²) in [7, 11) is -0.449. The predicted octanol–water partition coefficient (Wildman–Crippen LogP) is 4.58. The summed E-state index contributed by atoms with van der Waals surface area (Å²) in [6, 6.07) is 17.2. The van der Waals surface area contributed by atoms with Crippen LogP contribution >= 0.6 is 11.6 Å². The molecule has 1 atom stereocenters. The average molecular weight is 692 g/mol. The number of urea groups is 1. The molecular weight excluding hydrogens is 658 g/mol. The van der Waals surface area contributed by atoms with E-state index in [2.05, 4.69) is 15.2 Å². The van der Waals surface area contributed by atoms with Crippen molar-refractivity contribution in [2.75, 3.05) is 56.7 Å². The van der Waals surface area contributed by atoms with Crippen molar-refractivity contribution >= 4 is 44.9 Å². The maximum Gasteiger partial charge on any atom is 0.318 e. The third-order valence-corrected chi connectivity index (χ3v) is 10.8. The summed E-state index contributed by atoms with van der Waals surface area (Å²) in [5.41, 5.74) is -0.0942. The van der Waals surface area contributed by atoms with Crippen molar-refractivity contribution < 1.29 is 32.2 Å². The lowest BCUT2D eigenvalue weighted by molar-refractivity contribution is -0.121. The van der Waals surface area contributed by atoms with E-state index in [1.54, 1.807) is 48.5 Å². The van der Waals surface area contributed by atoms with Crippen molar-refractivity contribution in [2.45, 2.75) is 17.4 Å². The number of carbonyl (C=O) groups is 2. The second-order valence-electron chi connectivity index (χ2n) is 11.3. The number of aryl methyl sites for hydroxylation is 1. The molecule has 0 bridgehead atoms. The predicted molar refractivity (Wildman–Crippen MR) is 181 cm³/mol. The van der Waals surface area contributed by atoms with Crippen molar-refractivity contribution in [1.82, 2.24) is 15.2 Å². The van der Waals surface area contributed by atoms with Gasteiger partial charge in [0.25, 0.3) is 15.9 Å². The average Bonchev–Trinajstić information content (AvgIpc) is 3.35. The van der Waals surface area contributed by atoms with E-state index < -0.39 is 27.5 Å². The molecule has 0 saturated carbocycles. The molecule has 48 heavy (non-hydrogen) atoms. The maximum atomic E-state index is 15.1. The van der Waals surface area contributed by atoms with Crippen molar-refractivity contribution in [2.24, 2.45) is 0 Å². The number of pyridine rings is 1. The van der Waals surface area contributed by atoms with E-state index in [1.165, 1.54) is 51.7 Å². The van der Waals surface area contributed by atoms with Gasteiger partial charge in [0.05, 0.1) is 27.0 Å². The number of benzene rings is 3. The summed E-state index contributed by atoms with van der Waals surface area (Å²) >= 11 is 6.67. The van der Waals surface area contributed by atoms with Gasteiger partial charge in [0, 0.05) is 66.5 Å². The third-order valence-electron chi connectivity index (χ3n) is 8.69. The number of methoxy groups -OCH3 is 3. The fraction of sp³-hybridized carbons (Fsp3) is 0.265. The van der Waals surface area contributed by atoms with Gasteiger partial charge >= 0.3 is 6.03 Å². The molecule has 1 unspecified atom stereocenters. The van der Waals surface area contributed by atoms with Gasteiger partial charge in [-0.3, -0.25) is 9.78 Å². The Morgan fingerprint density at radius 1 is 0.875 bits per heavy atom. The van der Waals surface area contributed by atoms with E-state index >= 15 is 4.79 Å². The first-order chi connectivity index (χ1) is 23.1. The minimum atomic E-state index is -4.65. The molecule has 1 N–H and O–H groups in total. The van der Waals surface area contributed by atoms with Crippen LogP contribution in [0.2, 0.25) is 5.02 Å². The number of nitrogens with one attached hydrogen (secondary N) is 1. The first-order valence-corrected chi connectivity index (χ1v) is 16.9. The van der Waals surface area contributed by atoms with E-state index in [0.717, 1.165) is 5.69 Å².